The van der Waals surface area contributed by atoms with Crippen LogP contribution in [0.15, 0.2) is 12.1 Å². The Morgan fingerprint density at radius 3 is 2.71 bits per heavy atom. The van der Waals surface area contributed by atoms with Crippen LogP contribution in [0.4, 0.5) is 14.5 Å². The van der Waals surface area contributed by atoms with Crippen LogP contribution in [0.2, 0.25) is 0 Å². The first-order valence-electron chi connectivity index (χ1n) is 4.98. The molecule has 17 heavy (non-hydrogen) atoms. The molecule has 0 aliphatic carbocycles. The van der Waals surface area contributed by atoms with Crippen molar-refractivity contribution < 1.29 is 13.6 Å². The first-order valence-corrected chi connectivity index (χ1v) is 4.98. The molecule has 0 bridgehead atoms. The monoisotopic (exact) mass is 238 g/mol. The third-order valence-corrected chi connectivity index (χ3v) is 2.05. The second-order valence-electron chi connectivity index (χ2n) is 3.29. The normalized spacial score (nSPS) is 9.35. The van der Waals surface area contributed by atoms with E-state index in [2.05, 4.69) is 17.2 Å². The zero-order valence-corrected chi connectivity index (χ0v) is 9.31. The highest BCUT2D eigenvalue weighted by Gasteiger charge is 2.13. The van der Waals surface area contributed by atoms with Crippen molar-refractivity contribution in [2.75, 3.05) is 12.3 Å². The summed E-state index contributed by atoms with van der Waals surface area (Å²) >= 11 is 0. The van der Waals surface area contributed by atoms with Gasteiger partial charge in [0.05, 0.1) is 5.56 Å². The summed E-state index contributed by atoms with van der Waals surface area (Å²) in [5.41, 5.74) is 5.26. The summed E-state index contributed by atoms with van der Waals surface area (Å²) in [6.07, 6.45) is 0.492. The van der Waals surface area contributed by atoms with Gasteiger partial charge in [-0.1, -0.05) is 0 Å². The highest BCUT2D eigenvalue weighted by molar-refractivity contribution is 5.99. The SMILES string of the molecule is CC#CCCNC(=O)c1cc(F)c(F)cc1N. The van der Waals surface area contributed by atoms with Crippen molar-refractivity contribution in [3.8, 4) is 11.8 Å². The lowest BCUT2D eigenvalue weighted by molar-refractivity contribution is 0.0955. The van der Waals surface area contributed by atoms with E-state index in [1.165, 1.54) is 0 Å². The molecule has 0 heterocycles. The summed E-state index contributed by atoms with van der Waals surface area (Å²) in [6, 6.07) is 1.57. The number of nitrogen functional groups attached to an aromatic ring is 1. The van der Waals surface area contributed by atoms with Crippen LogP contribution in [-0.2, 0) is 0 Å². The molecule has 1 amide bonds. The van der Waals surface area contributed by atoms with Crippen molar-refractivity contribution in [2.45, 2.75) is 13.3 Å². The van der Waals surface area contributed by atoms with Crippen LogP contribution < -0.4 is 11.1 Å². The lowest BCUT2D eigenvalue weighted by Crippen LogP contribution is -2.25. The van der Waals surface area contributed by atoms with Gasteiger partial charge < -0.3 is 11.1 Å². The van der Waals surface area contributed by atoms with Crippen molar-refractivity contribution in [1.82, 2.24) is 5.32 Å². The first-order chi connectivity index (χ1) is 8.06. The Hall–Kier alpha value is -2.09. The Morgan fingerprint density at radius 2 is 2.06 bits per heavy atom. The zero-order chi connectivity index (χ0) is 12.8. The second-order valence-corrected chi connectivity index (χ2v) is 3.29. The molecule has 0 saturated carbocycles. The molecule has 3 nitrogen and oxygen atoms in total. The Balaban J connectivity index is 2.74. The van der Waals surface area contributed by atoms with E-state index >= 15 is 0 Å². The topological polar surface area (TPSA) is 55.1 Å². The number of rotatable bonds is 3. The largest absolute Gasteiger partial charge is 0.398 e. The van der Waals surface area contributed by atoms with Crippen molar-refractivity contribution in [3.63, 3.8) is 0 Å². The molecule has 3 N–H and O–H groups in total. The van der Waals surface area contributed by atoms with Gasteiger partial charge in [0.2, 0.25) is 0 Å². The van der Waals surface area contributed by atoms with Gasteiger partial charge in [0.25, 0.3) is 5.91 Å². The van der Waals surface area contributed by atoms with Gasteiger partial charge >= 0.3 is 0 Å². The van der Waals surface area contributed by atoms with Gasteiger partial charge in [-0.3, -0.25) is 4.79 Å². The molecule has 0 unspecified atom stereocenters. The number of benzene rings is 1. The van der Waals surface area contributed by atoms with E-state index in [0.29, 0.717) is 13.0 Å². The highest BCUT2D eigenvalue weighted by atomic mass is 19.2. The Kier molecular flexibility index (Phi) is 4.46. The van der Waals surface area contributed by atoms with Gasteiger partial charge in [-0.2, -0.15) is 0 Å². The Labute approximate surface area is 98.0 Å². The first kappa shape index (κ1) is 13.0. The van der Waals surface area contributed by atoms with Gasteiger partial charge in [-0.25, -0.2) is 8.78 Å². The molecule has 0 fully saturated rings. The molecule has 0 aromatic heterocycles. The van der Waals surface area contributed by atoms with Crippen LogP contribution in [0.5, 0.6) is 0 Å². The van der Waals surface area contributed by atoms with Gasteiger partial charge in [-0.15, -0.1) is 11.8 Å². The van der Waals surface area contributed by atoms with E-state index in [1.807, 2.05) is 0 Å². The van der Waals surface area contributed by atoms with Crippen molar-refractivity contribution >= 4 is 11.6 Å². The predicted octanol–water partition coefficient (Wildman–Crippen LogP) is 1.69. The molecule has 0 saturated heterocycles. The molecule has 90 valence electrons. The minimum Gasteiger partial charge on any atom is -0.398 e. The van der Waals surface area contributed by atoms with Gasteiger partial charge in [0.1, 0.15) is 0 Å². The van der Waals surface area contributed by atoms with Crippen LogP contribution in [0, 0.1) is 23.5 Å². The zero-order valence-electron chi connectivity index (χ0n) is 9.31. The molecule has 1 aromatic rings. The maximum Gasteiger partial charge on any atom is 0.253 e. The van der Waals surface area contributed by atoms with Crippen molar-refractivity contribution in [3.05, 3.63) is 29.3 Å². The third kappa shape index (κ3) is 3.45. The summed E-state index contributed by atoms with van der Waals surface area (Å²) in [5, 5.41) is 2.51. The molecule has 0 spiro atoms. The van der Waals surface area contributed by atoms with Crippen LogP contribution in [0.3, 0.4) is 0 Å². The standard InChI is InChI=1S/C12H12F2N2O/c1-2-3-4-5-16-12(17)8-6-9(13)10(14)7-11(8)15/h6-7H,4-5,15H2,1H3,(H,16,17). The molecular formula is C12H12F2N2O. The number of amides is 1. The van der Waals surface area contributed by atoms with Gasteiger partial charge in [0.15, 0.2) is 11.6 Å². The molecule has 0 aliphatic rings. The highest BCUT2D eigenvalue weighted by Crippen LogP contribution is 2.16. The predicted molar refractivity (Wildman–Crippen MR) is 61.2 cm³/mol. The number of nitrogens with one attached hydrogen (secondary N) is 1. The summed E-state index contributed by atoms with van der Waals surface area (Å²) in [4.78, 5) is 11.6. The number of hydrogen-bond acceptors (Lipinski definition) is 2. The van der Waals surface area contributed by atoms with E-state index in [9.17, 15) is 13.6 Å². The number of carbonyl (C=O) groups excluding carboxylic acids is 1. The fraction of sp³-hybridized carbons (Fsp3) is 0.250. The number of halogens is 2. The van der Waals surface area contributed by atoms with Gasteiger partial charge in [-0.05, 0) is 13.0 Å². The quantitative estimate of drug-likeness (QED) is 0.478. The van der Waals surface area contributed by atoms with E-state index in [1.54, 1.807) is 6.92 Å². The molecule has 0 atom stereocenters. The number of nitrogens with two attached hydrogens (primary N) is 1. The van der Waals surface area contributed by atoms with Crippen molar-refractivity contribution in [2.24, 2.45) is 0 Å². The maximum atomic E-state index is 12.9. The molecule has 0 radical (unpaired) electrons. The minimum absolute atomic E-state index is 0.0756. The lowest BCUT2D eigenvalue weighted by Gasteiger charge is -2.06. The molecule has 0 aliphatic heterocycles. The number of hydrogen-bond donors (Lipinski definition) is 2. The lowest BCUT2D eigenvalue weighted by atomic mass is 10.1. The van der Waals surface area contributed by atoms with E-state index in [4.69, 9.17) is 5.73 Å². The van der Waals surface area contributed by atoms with Crippen LogP contribution >= 0.6 is 0 Å². The van der Waals surface area contributed by atoms with E-state index < -0.39 is 17.5 Å². The average molecular weight is 238 g/mol. The fourth-order valence-corrected chi connectivity index (χ4v) is 1.22. The molecule has 5 heteroatoms. The number of anilines is 1. The number of carbonyl (C=O) groups is 1. The summed E-state index contributed by atoms with van der Waals surface area (Å²) in [5.74, 6) is 2.72. The summed E-state index contributed by atoms with van der Waals surface area (Å²) < 4.78 is 25.7. The van der Waals surface area contributed by atoms with Crippen molar-refractivity contribution in [1.29, 1.82) is 0 Å². The maximum absolute atomic E-state index is 12.9. The Morgan fingerprint density at radius 1 is 1.41 bits per heavy atom. The van der Waals surface area contributed by atoms with E-state index in [-0.39, 0.29) is 11.3 Å². The summed E-state index contributed by atoms with van der Waals surface area (Å²) in [6.45, 7) is 2.02. The Bertz CT molecular complexity index is 489. The van der Waals surface area contributed by atoms with Crippen LogP contribution in [-0.4, -0.2) is 12.5 Å². The molecular weight excluding hydrogens is 226 g/mol. The van der Waals surface area contributed by atoms with Crippen LogP contribution in [0.25, 0.3) is 0 Å². The molecule has 1 aromatic carbocycles. The third-order valence-electron chi connectivity index (χ3n) is 2.05. The van der Waals surface area contributed by atoms with Gasteiger partial charge in [0, 0.05) is 24.7 Å². The second kappa shape index (κ2) is 5.85. The van der Waals surface area contributed by atoms with E-state index in [0.717, 1.165) is 12.1 Å². The molecule has 1 rings (SSSR count). The fourth-order valence-electron chi connectivity index (χ4n) is 1.22. The van der Waals surface area contributed by atoms with Crippen LogP contribution in [0.1, 0.15) is 23.7 Å². The summed E-state index contributed by atoms with van der Waals surface area (Å²) in [7, 11) is 0. The minimum atomic E-state index is -1.10. The smallest absolute Gasteiger partial charge is 0.253 e. The average Bonchev–Trinajstić information content (AvgIpc) is 2.29.